The predicted molar refractivity (Wildman–Crippen MR) is 103 cm³/mol. The fraction of sp³-hybridized carbons (Fsp3) is 0.286. The zero-order valence-electron chi connectivity index (χ0n) is 14.9. The summed E-state index contributed by atoms with van der Waals surface area (Å²) in [6.07, 6.45) is 0. The molecule has 0 atom stereocenters. The topological polar surface area (TPSA) is 48.1 Å². The molecule has 0 saturated carbocycles. The average Bonchev–Trinajstić information content (AvgIpc) is 3.09. The van der Waals surface area contributed by atoms with E-state index in [-0.39, 0.29) is 5.91 Å². The summed E-state index contributed by atoms with van der Waals surface area (Å²) in [7, 11) is 0. The van der Waals surface area contributed by atoms with Gasteiger partial charge in [-0.05, 0) is 36.3 Å². The highest BCUT2D eigenvalue weighted by atomic mass is 16.1. The van der Waals surface area contributed by atoms with Crippen molar-refractivity contribution in [2.75, 3.05) is 13.1 Å². The Kier molecular flexibility index (Phi) is 5.51. The van der Waals surface area contributed by atoms with E-state index in [9.17, 15) is 4.79 Å². The number of hydrogen-bond acceptors (Lipinski definition) is 2. The standard InChI is InChI=1S/C21H25N3O/c1-3-24(4-2)15-18-11-6-5-10-17(18)14-22-21(25)20-13-16-9-7-8-12-19(16)23-20/h5-13,23H,3-4,14-15H2,1-2H3,(H,22,25). The summed E-state index contributed by atoms with van der Waals surface area (Å²) in [4.78, 5) is 18.0. The molecule has 130 valence electrons. The highest BCUT2D eigenvalue weighted by Crippen LogP contribution is 2.15. The van der Waals surface area contributed by atoms with E-state index >= 15 is 0 Å². The Morgan fingerprint density at radius 3 is 2.40 bits per heavy atom. The number of aromatic nitrogens is 1. The molecule has 0 aliphatic rings. The van der Waals surface area contributed by atoms with Gasteiger partial charge in [0.1, 0.15) is 5.69 Å². The molecule has 3 aromatic rings. The number of para-hydroxylation sites is 1. The summed E-state index contributed by atoms with van der Waals surface area (Å²) < 4.78 is 0. The summed E-state index contributed by atoms with van der Waals surface area (Å²) in [5.74, 6) is -0.0751. The summed E-state index contributed by atoms with van der Waals surface area (Å²) in [6, 6.07) is 18.1. The SMILES string of the molecule is CCN(CC)Cc1ccccc1CNC(=O)c1cc2ccccc2[nH]1. The second kappa shape index (κ2) is 7.99. The minimum atomic E-state index is -0.0751. The smallest absolute Gasteiger partial charge is 0.267 e. The maximum atomic E-state index is 12.5. The molecule has 0 fully saturated rings. The van der Waals surface area contributed by atoms with E-state index in [1.807, 2.05) is 36.4 Å². The van der Waals surface area contributed by atoms with Crippen LogP contribution in [0.25, 0.3) is 10.9 Å². The highest BCUT2D eigenvalue weighted by molar-refractivity contribution is 5.97. The van der Waals surface area contributed by atoms with Crippen LogP contribution in [0.15, 0.2) is 54.6 Å². The van der Waals surface area contributed by atoms with Crippen LogP contribution in [0.5, 0.6) is 0 Å². The number of fused-ring (bicyclic) bond motifs is 1. The van der Waals surface area contributed by atoms with E-state index in [2.05, 4.69) is 47.2 Å². The monoisotopic (exact) mass is 335 g/mol. The Labute approximate surface area is 148 Å². The lowest BCUT2D eigenvalue weighted by Gasteiger charge is -2.20. The van der Waals surface area contributed by atoms with Crippen LogP contribution in [0.3, 0.4) is 0 Å². The van der Waals surface area contributed by atoms with Gasteiger partial charge in [-0.2, -0.15) is 0 Å². The van der Waals surface area contributed by atoms with E-state index in [4.69, 9.17) is 0 Å². The first-order valence-electron chi connectivity index (χ1n) is 8.86. The van der Waals surface area contributed by atoms with Crippen LogP contribution in [-0.4, -0.2) is 28.9 Å². The fourth-order valence-corrected chi connectivity index (χ4v) is 3.04. The molecule has 0 unspecified atom stereocenters. The Morgan fingerprint density at radius 2 is 1.68 bits per heavy atom. The first-order chi connectivity index (χ1) is 12.2. The number of nitrogens with one attached hydrogen (secondary N) is 2. The van der Waals surface area contributed by atoms with Crippen molar-refractivity contribution in [1.82, 2.24) is 15.2 Å². The molecule has 3 rings (SSSR count). The molecule has 0 bridgehead atoms. The van der Waals surface area contributed by atoms with Crippen molar-refractivity contribution >= 4 is 16.8 Å². The van der Waals surface area contributed by atoms with E-state index in [0.29, 0.717) is 12.2 Å². The van der Waals surface area contributed by atoms with Crippen LogP contribution >= 0.6 is 0 Å². The quantitative estimate of drug-likeness (QED) is 0.687. The van der Waals surface area contributed by atoms with E-state index < -0.39 is 0 Å². The van der Waals surface area contributed by atoms with Crippen molar-refractivity contribution < 1.29 is 4.79 Å². The van der Waals surface area contributed by atoms with Gasteiger partial charge in [0.25, 0.3) is 5.91 Å². The number of carbonyl (C=O) groups excluding carboxylic acids is 1. The summed E-state index contributed by atoms with van der Waals surface area (Å²) >= 11 is 0. The van der Waals surface area contributed by atoms with Crippen molar-refractivity contribution in [3.05, 3.63) is 71.4 Å². The lowest BCUT2D eigenvalue weighted by atomic mass is 10.1. The van der Waals surface area contributed by atoms with Crippen molar-refractivity contribution in [3.8, 4) is 0 Å². The number of carbonyl (C=O) groups is 1. The van der Waals surface area contributed by atoms with Gasteiger partial charge < -0.3 is 10.3 Å². The maximum Gasteiger partial charge on any atom is 0.267 e. The molecular weight excluding hydrogens is 310 g/mol. The van der Waals surface area contributed by atoms with Crippen molar-refractivity contribution in [3.63, 3.8) is 0 Å². The third-order valence-corrected chi connectivity index (χ3v) is 4.62. The molecule has 0 radical (unpaired) electrons. The number of H-pyrrole nitrogens is 1. The first-order valence-corrected chi connectivity index (χ1v) is 8.86. The second-order valence-corrected chi connectivity index (χ2v) is 6.18. The molecule has 0 aliphatic carbocycles. The van der Waals surface area contributed by atoms with Crippen molar-refractivity contribution in [2.45, 2.75) is 26.9 Å². The molecule has 1 amide bonds. The van der Waals surface area contributed by atoms with Crippen LogP contribution < -0.4 is 5.32 Å². The van der Waals surface area contributed by atoms with Gasteiger partial charge >= 0.3 is 0 Å². The largest absolute Gasteiger partial charge is 0.351 e. The van der Waals surface area contributed by atoms with Crippen LogP contribution in [0.4, 0.5) is 0 Å². The molecule has 4 nitrogen and oxygen atoms in total. The van der Waals surface area contributed by atoms with E-state index in [1.54, 1.807) is 0 Å². The molecule has 2 aromatic carbocycles. The van der Waals surface area contributed by atoms with Crippen molar-refractivity contribution in [1.29, 1.82) is 0 Å². The van der Waals surface area contributed by atoms with Gasteiger partial charge in [0.2, 0.25) is 0 Å². The number of rotatable bonds is 7. The molecule has 4 heteroatoms. The molecular formula is C21H25N3O. The second-order valence-electron chi connectivity index (χ2n) is 6.18. The lowest BCUT2D eigenvalue weighted by Crippen LogP contribution is -2.26. The summed E-state index contributed by atoms with van der Waals surface area (Å²) in [5.41, 5.74) is 4.01. The Morgan fingerprint density at radius 1 is 1.00 bits per heavy atom. The minimum Gasteiger partial charge on any atom is -0.351 e. The lowest BCUT2D eigenvalue weighted by molar-refractivity contribution is 0.0946. The predicted octanol–water partition coefficient (Wildman–Crippen LogP) is 3.94. The molecule has 0 saturated heterocycles. The molecule has 0 spiro atoms. The van der Waals surface area contributed by atoms with Crippen LogP contribution in [0.1, 0.15) is 35.5 Å². The van der Waals surface area contributed by atoms with Crippen LogP contribution in [0.2, 0.25) is 0 Å². The molecule has 1 aromatic heterocycles. The average molecular weight is 335 g/mol. The van der Waals surface area contributed by atoms with E-state index in [1.165, 1.54) is 11.1 Å². The summed E-state index contributed by atoms with van der Waals surface area (Å²) in [5, 5.41) is 4.09. The minimum absolute atomic E-state index is 0.0751. The highest BCUT2D eigenvalue weighted by Gasteiger charge is 2.11. The van der Waals surface area contributed by atoms with Gasteiger partial charge in [0.05, 0.1) is 0 Å². The van der Waals surface area contributed by atoms with Gasteiger partial charge in [-0.15, -0.1) is 0 Å². The van der Waals surface area contributed by atoms with E-state index in [0.717, 1.165) is 30.5 Å². The number of nitrogens with zero attached hydrogens (tertiary/aromatic N) is 1. The third kappa shape index (κ3) is 4.09. The fourth-order valence-electron chi connectivity index (χ4n) is 3.04. The number of amides is 1. The van der Waals surface area contributed by atoms with Crippen LogP contribution in [0, 0.1) is 0 Å². The van der Waals surface area contributed by atoms with Gasteiger partial charge in [-0.3, -0.25) is 9.69 Å². The van der Waals surface area contributed by atoms with Gasteiger partial charge in [0.15, 0.2) is 0 Å². The number of hydrogen-bond donors (Lipinski definition) is 2. The maximum absolute atomic E-state index is 12.5. The molecule has 2 N–H and O–H groups in total. The van der Waals surface area contributed by atoms with Gasteiger partial charge in [0, 0.05) is 24.0 Å². The molecule has 25 heavy (non-hydrogen) atoms. The zero-order chi connectivity index (χ0) is 17.6. The Balaban J connectivity index is 1.69. The Bertz CT molecular complexity index is 816. The summed E-state index contributed by atoms with van der Waals surface area (Å²) in [6.45, 7) is 7.82. The number of aromatic amines is 1. The van der Waals surface area contributed by atoms with Gasteiger partial charge in [-0.25, -0.2) is 0 Å². The number of benzene rings is 2. The molecule has 1 heterocycles. The Hall–Kier alpha value is -2.59. The zero-order valence-corrected chi connectivity index (χ0v) is 14.9. The van der Waals surface area contributed by atoms with Gasteiger partial charge in [-0.1, -0.05) is 56.3 Å². The normalized spacial score (nSPS) is 11.2. The third-order valence-electron chi connectivity index (χ3n) is 4.62. The van der Waals surface area contributed by atoms with Crippen molar-refractivity contribution in [2.24, 2.45) is 0 Å². The molecule has 0 aliphatic heterocycles. The van der Waals surface area contributed by atoms with Crippen LogP contribution in [-0.2, 0) is 13.1 Å². The first kappa shape index (κ1) is 17.2.